The Morgan fingerprint density at radius 2 is 1.32 bits per heavy atom. The average Bonchev–Trinajstić information content (AvgIpc) is 3.57. The van der Waals surface area contributed by atoms with Gasteiger partial charge in [-0.3, -0.25) is 14.5 Å². The number of halogens is 3. The Balaban J connectivity index is 1.41. The number of methoxy groups -OCH3 is 1. The van der Waals surface area contributed by atoms with E-state index in [0.717, 1.165) is 28.8 Å². The van der Waals surface area contributed by atoms with Crippen molar-refractivity contribution < 1.29 is 37.4 Å². The highest BCUT2D eigenvalue weighted by Crippen LogP contribution is 2.40. The molecule has 9 nitrogen and oxygen atoms in total. The fraction of sp³-hybridized carbons (Fsp3) is 0.211. The molecule has 1 aromatic heterocycles. The molecule has 0 saturated carbocycles. The summed E-state index contributed by atoms with van der Waals surface area (Å²) in [5, 5.41) is 12.1. The molecular weight excluding hydrogens is 649 g/mol. The third-order valence-corrected chi connectivity index (χ3v) is 8.25. The number of carboxylic acid groups (broad SMARTS) is 1. The summed E-state index contributed by atoms with van der Waals surface area (Å²) in [5.74, 6) is -2.65. The lowest BCUT2D eigenvalue weighted by Gasteiger charge is -2.37. The fourth-order valence-electron chi connectivity index (χ4n) is 6.04. The van der Waals surface area contributed by atoms with Crippen LogP contribution in [0.2, 0.25) is 0 Å². The van der Waals surface area contributed by atoms with E-state index in [4.69, 9.17) is 4.74 Å². The number of rotatable bonds is 14. The molecule has 0 aliphatic heterocycles. The Hall–Kier alpha value is -5.75. The number of carbonyl (C=O) groups excluding carboxylic acids is 2. The van der Waals surface area contributed by atoms with Crippen LogP contribution in [0.4, 0.5) is 13.2 Å². The zero-order chi connectivity index (χ0) is 35.7. The summed E-state index contributed by atoms with van der Waals surface area (Å²) in [6.07, 6.45) is -1.07. The number of ether oxygens (including phenoxy) is 1. The number of aromatic nitrogens is 2. The molecule has 0 unspecified atom stereocenters. The number of nitrogens with zero attached hydrogens (tertiary/aromatic N) is 3. The van der Waals surface area contributed by atoms with Gasteiger partial charge in [0.05, 0.1) is 37.8 Å². The molecular formula is C38H35F3N4O5. The zero-order valence-corrected chi connectivity index (χ0v) is 27.1. The zero-order valence-electron chi connectivity index (χ0n) is 27.1. The Labute approximate surface area is 287 Å². The predicted octanol–water partition coefficient (Wildman–Crippen LogP) is 5.53. The topological polar surface area (TPSA) is 114 Å². The monoisotopic (exact) mass is 684 g/mol. The summed E-state index contributed by atoms with van der Waals surface area (Å²) in [5.41, 5.74) is 2.04. The van der Waals surface area contributed by atoms with Crippen molar-refractivity contribution in [1.29, 1.82) is 0 Å². The van der Waals surface area contributed by atoms with Crippen LogP contribution < -0.4 is 5.32 Å². The Morgan fingerprint density at radius 1 is 0.800 bits per heavy atom. The van der Waals surface area contributed by atoms with Gasteiger partial charge in [-0.05, 0) is 34.4 Å². The number of aliphatic carboxylic acids is 1. The van der Waals surface area contributed by atoms with Gasteiger partial charge in [0.25, 0.3) is 0 Å². The highest BCUT2D eigenvalue weighted by molar-refractivity contribution is 5.86. The first kappa shape index (κ1) is 35.6. The van der Waals surface area contributed by atoms with Crippen LogP contribution in [-0.4, -0.2) is 63.6 Å². The average molecular weight is 685 g/mol. The number of carboxylic acids is 1. The third-order valence-electron chi connectivity index (χ3n) is 8.25. The molecule has 0 radical (unpaired) electrons. The van der Waals surface area contributed by atoms with Crippen LogP contribution in [-0.2, 0) is 43.8 Å². The standard InChI is InChI=1S/C38H35F3N4O5/c1-50-36(49)33(43-34(46)24-44(25-35(47)48)22-27-17-19-31(20-18-27)38(39,40)41)21-32-23-45(26-42-32)37(28-11-5-2-6-12-28,29-13-7-3-8-14-29)30-15-9-4-10-16-30/h2-20,23,26,33H,21-22,24-25H2,1H3,(H,43,46)(H,47,48)/t33-/m0/s1. The highest BCUT2D eigenvalue weighted by atomic mass is 19.4. The van der Waals surface area contributed by atoms with Gasteiger partial charge in [0.15, 0.2) is 0 Å². The Bertz CT molecular complexity index is 1790. The lowest BCUT2D eigenvalue weighted by atomic mass is 9.77. The summed E-state index contributed by atoms with van der Waals surface area (Å²) in [6, 6.07) is 32.8. The Morgan fingerprint density at radius 3 is 1.78 bits per heavy atom. The normalized spacial score (nSPS) is 12.3. The van der Waals surface area contributed by atoms with Gasteiger partial charge < -0.3 is 19.7 Å². The van der Waals surface area contributed by atoms with Gasteiger partial charge >= 0.3 is 18.1 Å². The second-order valence-electron chi connectivity index (χ2n) is 11.7. The van der Waals surface area contributed by atoms with Crippen molar-refractivity contribution in [3.8, 4) is 0 Å². The van der Waals surface area contributed by atoms with E-state index in [9.17, 15) is 32.7 Å². The molecule has 0 spiro atoms. The quantitative estimate of drug-likeness (QED) is 0.117. The third kappa shape index (κ3) is 8.27. The maximum atomic E-state index is 13.2. The van der Waals surface area contributed by atoms with Crippen LogP contribution >= 0.6 is 0 Å². The summed E-state index contributed by atoms with van der Waals surface area (Å²) in [6.45, 7) is -1.14. The molecule has 5 rings (SSSR count). The first-order chi connectivity index (χ1) is 24.0. The van der Waals surface area contributed by atoms with Crippen molar-refractivity contribution in [3.05, 3.63) is 161 Å². The number of esters is 1. The van der Waals surface area contributed by atoms with Crippen LogP contribution in [0.25, 0.3) is 0 Å². The minimum atomic E-state index is -4.52. The lowest BCUT2D eigenvalue weighted by Crippen LogP contribution is -2.47. The first-order valence-electron chi connectivity index (χ1n) is 15.7. The molecule has 0 fully saturated rings. The summed E-state index contributed by atoms with van der Waals surface area (Å²) in [7, 11) is 1.19. The largest absolute Gasteiger partial charge is 0.480 e. The van der Waals surface area contributed by atoms with Gasteiger partial charge in [0.1, 0.15) is 11.6 Å². The summed E-state index contributed by atoms with van der Waals surface area (Å²) >= 11 is 0. The summed E-state index contributed by atoms with van der Waals surface area (Å²) in [4.78, 5) is 43.6. The summed E-state index contributed by atoms with van der Waals surface area (Å²) < 4.78 is 46.0. The minimum absolute atomic E-state index is 0.0440. The maximum absolute atomic E-state index is 13.2. The second-order valence-corrected chi connectivity index (χ2v) is 11.7. The molecule has 258 valence electrons. The molecule has 12 heteroatoms. The van der Waals surface area contributed by atoms with E-state index in [1.807, 2.05) is 102 Å². The van der Waals surface area contributed by atoms with Gasteiger partial charge in [-0.1, -0.05) is 103 Å². The van der Waals surface area contributed by atoms with Gasteiger partial charge in [-0.25, -0.2) is 9.78 Å². The number of benzene rings is 4. The van der Waals surface area contributed by atoms with Crippen LogP contribution in [0.1, 0.15) is 33.5 Å². The van der Waals surface area contributed by atoms with Crippen molar-refractivity contribution >= 4 is 17.8 Å². The molecule has 0 aliphatic carbocycles. The molecule has 5 aromatic rings. The van der Waals surface area contributed by atoms with Crippen molar-refractivity contribution in [1.82, 2.24) is 19.8 Å². The number of amides is 1. The molecule has 50 heavy (non-hydrogen) atoms. The maximum Gasteiger partial charge on any atom is 0.416 e. The van der Waals surface area contributed by atoms with E-state index in [2.05, 4.69) is 10.3 Å². The number of carbonyl (C=O) groups is 3. The highest BCUT2D eigenvalue weighted by Gasteiger charge is 2.38. The van der Waals surface area contributed by atoms with E-state index in [1.54, 1.807) is 6.33 Å². The number of alkyl halides is 3. The van der Waals surface area contributed by atoms with E-state index < -0.39 is 54.3 Å². The van der Waals surface area contributed by atoms with E-state index in [0.29, 0.717) is 11.3 Å². The minimum Gasteiger partial charge on any atom is -0.480 e. The van der Waals surface area contributed by atoms with Crippen LogP contribution in [0.5, 0.6) is 0 Å². The van der Waals surface area contributed by atoms with Crippen molar-refractivity contribution in [2.75, 3.05) is 20.2 Å². The lowest BCUT2D eigenvalue weighted by molar-refractivity contribution is -0.145. The number of nitrogens with one attached hydrogen (secondary N) is 1. The number of hydrogen-bond acceptors (Lipinski definition) is 6. The second kappa shape index (κ2) is 15.6. The van der Waals surface area contributed by atoms with Crippen molar-refractivity contribution in [3.63, 3.8) is 0 Å². The van der Waals surface area contributed by atoms with E-state index >= 15 is 0 Å². The fourth-order valence-corrected chi connectivity index (χ4v) is 6.04. The van der Waals surface area contributed by atoms with Crippen LogP contribution in [0, 0.1) is 0 Å². The van der Waals surface area contributed by atoms with Crippen molar-refractivity contribution in [2.24, 2.45) is 0 Å². The molecule has 0 saturated heterocycles. The molecule has 1 atom stereocenters. The molecule has 0 bridgehead atoms. The van der Waals surface area contributed by atoms with E-state index in [-0.39, 0.29) is 13.0 Å². The molecule has 1 heterocycles. The van der Waals surface area contributed by atoms with E-state index in [1.165, 1.54) is 24.1 Å². The molecule has 1 amide bonds. The van der Waals surface area contributed by atoms with Gasteiger partial charge in [-0.2, -0.15) is 13.2 Å². The van der Waals surface area contributed by atoms with Crippen LogP contribution in [0.15, 0.2) is 128 Å². The first-order valence-corrected chi connectivity index (χ1v) is 15.7. The SMILES string of the molecule is COC(=O)[C@H](Cc1cn(C(c2ccccc2)(c2ccccc2)c2ccccc2)cn1)NC(=O)CN(CC(=O)O)Cc1ccc(C(F)(F)F)cc1. The molecule has 0 aliphatic rings. The van der Waals surface area contributed by atoms with Gasteiger partial charge in [0, 0.05) is 19.2 Å². The van der Waals surface area contributed by atoms with Crippen LogP contribution in [0.3, 0.4) is 0 Å². The smallest absolute Gasteiger partial charge is 0.416 e. The van der Waals surface area contributed by atoms with Gasteiger partial charge in [-0.15, -0.1) is 0 Å². The van der Waals surface area contributed by atoms with Gasteiger partial charge in [0.2, 0.25) is 5.91 Å². The Kier molecular flexibility index (Phi) is 11.1. The number of hydrogen-bond donors (Lipinski definition) is 2. The van der Waals surface area contributed by atoms with Crippen molar-refractivity contribution in [2.45, 2.75) is 30.7 Å². The molecule has 2 N–H and O–H groups in total. The predicted molar refractivity (Wildman–Crippen MR) is 179 cm³/mol. The molecule has 4 aromatic carbocycles. The number of imidazole rings is 1.